The van der Waals surface area contributed by atoms with E-state index in [2.05, 4.69) is 20.8 Å². The van der Waals surface area contributed by atoms with Crippen LogP contribution >= 0.6 is 0 Å². The van der Waals surface area contributed by atoms with Gasteiger partial charge in [-0.2, -0.15) is 4.31 Å². The zero-order valence-electron chi connectivity index (χ0n) is 13.6. The first-order valence-electron chi connectivity index (χ1n) is 8.06. The van der Waals surface area contributed by atoms with Crippen molar-refractivity contribution >= 4 is 10.0 Å². The number of fused-ring (bicyclic) bond motifs is 1. The quantitative estimate of drug-likeness (QED) is 0.909. The molecule has 0 spiro atoms. The smallest absolute Gasteiger partial charge is 0.243 e. The third kappa shape index (κ3) is 2.70. The number of nitrogens with two attached hydrogens (primary N) is 1. The standard InChI is InChI=1S/C17H26N2O2S/c1-17(2,3)13-5-7-14(8-6-13)22(20,21)19-10-12-4-9-16(18)15(12)11-19/h5-8,12,15-16H,4,9-11,18H2,1-3H3. The van der Waals surface area contributed by atoms with Gasteiger partial charge in [0.1, 0.15) is 0 Å². The summed E-state index contributed by atoms with van der Waals surface area (Å²) in [6, 6.07) is 7.49. The molecule has 122 valence electrons. The lowest BCUT2D eigenvalue weighted by atomic mass is 9.87. The SMILES string of the molecule is CC(C)(C)c1ccc(S(=O)(=O)N2CC3CCC(N)C3C2)cc1. The van der Waals surface area contributed by atoms with E-state index in [1.807, 2.05) is 12.1 Å². The van der Waals surface area contributed by atoms with Gasteiger partial charge >= 0.3 is 0 Å². The first kappa shape index (κ1) is 16.0. The van der Waals surface area contributed by atoms with Crippen molar-refractivity contribution < 1.29 is 8.42 Å². The number of nitrogens with zero attached hydrogens (tertiary/aromatic N) is 1. The van der Waals surface area contributed by atoms with Crippen molar-refractivity contribution in [1.29, 1.82) is 0 Å². The van der Waals surface area contributed by atoms with Gasteiger partial charge in [0.2, 0.25) is 10.0 Å². The van der Waals surface area contributed by atoms with Crippen LogP contribution in [0.1, 0.15) is 39.2 Å². The van der Waals surface area contributed by atoms with Gasteiger partial charge in [0.25, 0.3) is 0 Å². The fourth-order valence-corrected chi connectivity index (χ4v) is 5.27. The molecule has 0 amide bonds. The molecule has 1 aliphatic heterocycles. The second kappa shape index (κ2) is 5.32. The molecule has 2 fully saturated rings. The van der Waals surface area contributed by atoms with E-state index in [9.17, 15) is 8.42 Å². The van der Waals surface area contributed by atoms with Crippen molar-refractivity contribution in [2.45, 2.75) is 50.0 Å². The van der Waals surface area contributed by atoms with Crippen LogP contribution in [0.5, 0.6) is 0 Å². The zero-order valence-corrected chi connectivity index (χ0v) is 14.4. The van der Waals surface area contributed by atoms with Crippen molar-refractivity contribution in [3.8, 4) is 0 Å². The number of benzene rings is 1. The largest absolute Gasteiger partial charge is 0.327 e. The minimum Gasteiger partial charge on any atom is -0.327 e. The topological polar surface area (TPSA) is 63.4 Å². The fourth-order valence-electron chi connectivity index (χ4n) is 3.74. The molecule has 1 aromatic rings. The van der Waals surface area contributed by atoms with Gasteiger partial charge in [-0.1, -0.05) is 32.9 Å². The Balaban J connectivity index is 1.82. The molecule has 1 aromatic carbocycles. The molecule has 3 unspecified atom stereocenters. The van der Waals surface area contributed by atoms with E-state index in [4.69, 9.17) is 5.73 Å². The molecule has 0 bridgehead atoms. The Morgan fingerprint density at radius 1 is 1.09 bits per heavy atom. The molecule has 2 N–H and O–H groups in total. The third-order valence-electron chi connectivity index (χ3n) is 5.24. The summed E-state index contributed by atoms with van der Waals surface area (Å²) in [6.07, 6.45) is 2.09. The van der Waals surface area contributed by atoms with Crippen LogP contribution in [0.2, 0.25) is 0 Å². The molecule has 22 heavy (non-hydrogen) atoms. The highest BCUT2D eigenvalue weighted by molar-refractivity contribution is 7.89. The summed E-state index contributed by atoms with van der Waals surface area (Å²) in [4.78, 5) is 0.397. The van der Waals surface area contributed by atoms with Crippen molar-refractivity contribution in [2.75, 3.05) is 13.1 Å². The van der Waals surface area contributed by atoms with Crippen LogP contribution in [0.15, 0.2) is 29.2 Å². The van der Waals surface area contributed by atoms with Gasteiger partial charge in [-0.25, -0.2) is 8.42 Å². The van der Waals surface area contributed by atoms with E-state index >= 15 is 0 Å². The van der Waals surface area contributed by atoms with Crippen molar-refractivity contribution in [3.63, 3.8) is 0 Å². The molecular formula is C17H26N2O2S. The van der Waals surface area contributed by atoms with Crippen LogP contribution in [0, 0.1) is 11.8 Å². The van der Waals surface area contributed by atoms with Crippen LogP contribution in [0.3, 0.4) is 0 Å². The van der Waals surface area contributed by atoms with Gasteiger partial charge in [0.15, 0.2) is 0 Å². The fraction of sp³-hybridized carbons (Fsp3) is 0.647. The first-order chi connectivity index (χ1) is 10.2. The Morgan fingerprint density at radius 2 is 1.73 bits per heavy atom. The van der Waals surface area contributed by atoms with Crippen LogP contribution < -0.4 is 5.73 Å². The maximum absolute atomic E-state index is 12.8. The van der Waals surface area contributed by atoms with Gasteiger partial charge in [-0.05, 0) is 47.8 Å². The summed E-state index contributed by atoms with van der Waals surface area (Å²) < 4.78 is 27.3. The normalized spacial score (nSPS) is 29.7. The van der Waals surface area contributed by atoms with E-state index in [0.717, 1.165) is 18.4 Å². The van der Waals surface area contributed by atoms with E-state index < -0.39 is 10.0 Å². The maximum Gasteiger partial charge on any atom is 0.243 e. The van der Waals surface area contributed by atoms with Gasteiger partial charge in [0, 0.05) is 19.1 Å². The Bertz CT molecular complexity index is 646. The molecule has 1 aliphatic carbocycles. The number of rotatable bonds is 2. The van der Waals surface area contributed by atoms with E-state index in [0.29, 0.717) is 29.8 Å². The minimum absolute atomic E-state index is 0.0275. The van der Waals surface area contributed by atoms with E-state index in [1.165, 1.54) is 0 Å². The first-order valence-corrected chi connectivity index (χ1v) is 9.50. The van der Waals surface area contributed by atoms with E-state index in [-0.39, 0.29) is 11.5 Å². The molecule has 3 atom stereocenters. The molecule has 0 aromatic heterocycles. The Morgan fingerprint density at radius 3 is 2.27 bits per heavy atom. The van der Waals surface area contributed by atoms with Crippen LogP contribution in [0.4, 0.5) is 0 Å². The monoisotopic (exact) mass is 322 g/mol. The van der Waals surface area contributed by atoms with Crippen molar-refractivity contribution in [2.24, 2.45) is 17.6 Å². The van der Waals surface area contributed by atoms with Crippen molar-refractivity contribution in [1.82, 2.24) is 4.31 Å². The highest BCUT2D eigenvalue weighted by atomic mass is 32.2. The third-order valence-corrected chi connectivity index (χ3v) is 7.08. The molecule has 5 heteroatoms. The minimum atomic E-state index is -3.39. The molecule has 0 radical (unpaired) electrons. The lowest BCUT2D eigenvalue weighted by molar-refractivity contribution is 0.427. The number of hydrogen-bond donors (Lipinski definition) is 1. The summed E-state index contributed by atoms with van der Waals surface area (Å²) in [6.45, 7) is 7.58. The Labute approximate surface area is 133 Å². The summed E-state index contributed by atoms with van der Waals surface area (Å²) in [5.41, 5.74) is 7.28. The summed E-state index contributed by atoms with van der Waals surface area (Å²) in [7, 11) is -3.39. The van der Waals surface area contributed by atoms with Crippen LogP contribution in [-0.2, 0) is 15.4 Å². The number of hydrogen-bond acceptors (Lipinski definition) is 3. The summed E-state index contributed by atoms with van der Waals surface area (Å²) >= 11 is 0. The van der Waals surface area contributed by atoms with Gasteiger partial charge in [0.05, 0.1) is 4.90 Å². The number of sulfonamides is 1. The average molecular weight is 322 g/mol. The Hall–Kier alpha value is -0.910. The molecule has 1 saturated carbocycles. The van der Waals surface area contributed by atoms with Gasteiger partial charge in [-0.3, -0.25) is 0 Å². The summed E-state index contributed by atoms with van der Waals surface area (Å²) in [5, 5.41) is 0. The lowest BCUT2D eigenvalue weighted by Gasteiger charge is -2.21. The average Bonchev–Trinajstić information content (AvgIpc) is 3.01. The molecule has 4 nitrogen and oxygen atoms in total. The zero-order chi connectivity index (χ0) is 16.1. The van der Waals surface area contributed by atoms with Crippen molar-refractivity contribution in [3.05, 3.63) is 29.8 Å². The second-order valence-electron chi connectivity index (χ2n) is 7.76. The van der Waals surface area contributed by atoms with E-state index in [1.54, 1.807) is 16.4 Å². The Kier molecular flexibility index (Phi) is 3.86. The highest BCUT2D eigenvalue weighted by Gasteiger charge is 2.45. The lowest BCUT2D eigenvalue weighted by Crippen LogP contribution is -2.33. The molecule has 1 saturated heterocycles. The maximum atomic E-state index is 12.8. The molecule has 3 rings (SSSR count). The van der Waals surface area contributed by atoms with Crippen LogP contribution in [-0.4, -0.2) is 31.9 Å². The highest BCUT2D eigenvalue weighted by Crippen LogP contribution is 2.39. The predicted molar refractivity (Wildman–Crippen MR) is 88.1 cm³/mol. The molecule has 1 heterocycles. The molecule has 2 aliphatic rings. The van der Waals surface area contributed by atoms with Gasteiger partial charge < -0.3 is 5.73 Å². The van der Waals surface area contributed by atoms with Gasteiger partial charge in [-0.15, -0.1) is 0 Å². The second-order valence-corrected chi connectivity index (χ2v) is 9.70. The molecular weight excluding hydrogens is 296 g/mol. The summed E-state index contributed by atoms with van der Waals surface area (Å²) in [5.74, 6) is 0.780. The van der Waals surface area contributed by atoms with Crippen LogP contribution in [0.25, 0.3) is 0 Å². The predicted octanol–water partition coefficient (Wildman–Crippen LogP) is 2.34.